The number of hydrogen-bond acceptors (Lipinski definition) is 1. The molecular formula is C8H12ClN. The summed E-state index contributed by atoms with van der Waals surface area (Å²) < 4.78 is 0. The summed E-state index contributed by atoms with van der Waals surface area (Å²) in [5.41, 5.74) is 0. The van der Waals surface area contributed by atoms with Crippen LogP contribution in [0.4, 0.5) is 0 Å². The molecule has 0 aliphatic heterocycles. The smallest absolute Gasteiger partial charge is 0.0142 e. The van der Waals surface area contributed by atoms with E-state index in [1.54, 1.807) is 0 Å². The zero-order valence-electron chi connectivity index (χ0n) is 5.89. The fourth-order valence-electron chi connectivity index (χ4n) is 2.23. The van der Waals surface area contributed by atoms with Crippen LogP contribution in [0.3, 0.4) is 0 Å². The second-order valence-electron chi connectivity index (χ2n) is 3.38. The van der Waals surface area contributed by atoms with Crippen LogP contribution in [0.15, 0.2) is 12.2 Å². The highest BCUT2D eigenvalue weighted by Gasteiger charge is 2.34. The van der Waals surface area contributed by atoms with E-state index in [2.05, 4.69) is 17.0 Å². The quantitative estimate of drug-likeness (QED) is 0.477. The van der Waals surface area contributed by atoms with E-state index in [0.717, 1.165) is 24.3 Å². The van der Waals surface area contributed by atoms with Gasteiger partial charge in [0.1, 0.15) is 0 Å². The Kier molecular flexibility index (Phi) is 1.71. The van der Waals surface area contributed by atoms with Crippen molar-refractivity contribution >= 4 is 11.8 Å². The molecule has 0 aromatic rings. The average molecular weight is 158 g/mol. The van der Waals surface area contributed by atoms with E-state index in [1.807, 2.05) is 0 Å². The van der Waals surface area contributed by atoms with Crippen LogP contribution >= 0.6 is 11.8 Å². The molecular weight excluding hydrogens is 146 g/mol. The number of halogens is 1. The van der Waals surface area contributed by atoms with Gasteiger partial charge in [0.25, 0.3) is 0 Å². The Balaban J connectivity index is 1.96. The summed E-state index contributed by atoms with van der Waals surface area (Å²) >= 11 is 5.44. The topological polar surface area (TPSA) is 12.0 Å². The summed E-state index contributed by atoms with van der Waals surface area (Å²) in [5, 5.41) is 0. The molecule has 3 unspecified atom stereocenters. The van der Waals surface area contributed by atoms with Gasteiger partial charge in [-0.15, -0.1) is 0 Å². The van der Waals surface area contributed by atoms with Gasteiger partial charge < -0.3 is 0 Å². The van der Waals surface area contributed by atoms with E-state index in [-0.39, 0.29) is 0 Å². The van der Waals surface area contributed by atoms with Crippen LogP contribution in [0.5, 0.6) is 0 Å². The SMILES string of the molecule is ClNCC1CC2C=CC1C2. The fraction of sp³-hybridized carbons (Fsp3) is 0.750. The lowest BCUT2D eigenvalue weighted by molar-refractivity contribution is 0.447. The first-order valence-electron chi connectivity index (χ1n) is 3.92. The Morgan fingerprint density at radius 3 is 2.80 bits per heavy atom. The molecule has 1 N–H and O–H groups in total. The number of hydrogen-bond donors (Lipinski definition) is 1. The minimum absolute atomic E-state index is 0.812. The van der Waals surface area contributed by atoms with Crippen molar-refractivity contribution in [3.8, 4) is 0 Å². The first-order chi connectivity index (χ1) is 4.90. The van der Waals surface area contributed by atoms with Crippen molar-refractivity contribution < 1.29 is 0 Å². The molecule has 1 nitrogen and oxygen atoms in total. The number of nitrogens with one attached hydrogen (secondary N) is 1. The largest absolute Gasteiger partial charge is 0.233 e. The van der Waals surface area contributed by atoms with Crippen LogP contribution in [-0.4, -0.2) is 6.54 Å². The number of allylic oxidation sites excluding steroid dienone is 2. The summed E-state index contributed by atoms with van der Waals surface area (Å²) in [6, 6.07) is 0. The molecule has 10 heavy (non-hydrogen) atoms. The van der Waals surface area contributed by atoms with Crippen LogP contribution in [-0.2, 0) is 0 Å². The first kappa shape index (κ1) is 6.68. The Bertz CT molecular complexity index is 155. The lowest BCUT2D eigenvalue weighted by atomic mass is 9.94. The van der Waals surface area contributed by atoms with Gasteiger partial charge in [-0.25, -0.2) is 4.84 Å². The molecule has 2 bridgehead atoms. The normalized spacial score (nSPS) is 43.1. The maximum atomic E-state index is 5.44. The van der Waals surface area contributed by atoms with Crippen molar-refractivity contribution in [2.24, 2.45) is 17.8 Å². The second-order valence-corrected chi connectivity index (χ2v) is 3.65. The van der Waals surface area contributed by atoms with Crippen LogP contribution in [0.25, 0.3) is 0 Å². The van der Waals surface area contributed by atoms with Gasteiger partial charge in [-0.1, -0.05) is 12.2 Å². The minimum Gasteiger partial charge on any atom is -0.233 e. The predicted molar refractivity (Wildman–Crippen MR) is 42.7 cm³/mol. The maximum absolute atomic E-state index is 5.44. The van der Waals surface area contributed by atoms with Gasteiger partial charge >= 0.3 is 0 Å². The third-order valence-electron chi connectivity index (χ3n) is 2.76. The van der Waals surface area contributed by atoms with Gasteiger partial charge in [-0.3, -0.25) is 0 Å². The molecule has 0 saturated heterocycles. The average Bonchev–Trinajstić information content (AvgIpc) is 2.48. The molecule has 0 amide bonds. The van der Waals surface area contributed by atoms with E-state index in [4.69, 9.17) is 11.8 Å². The molecule has 0 radical (unpaired) electrons. The second kappa shape index (κ2) is 2.55. The monoisotopic (exact) mass is 157 g/mol. The third-order valence-corrected chi connectivity index (χ3v) is 2.91. The van der Waals surface area contributed by atoms with Gasteiger partial charge in [0.05, 0.1) is 0 Å². The lowest BCUT2D eigenvalue weighted by Crippen LogP contribution is -2.18. The maximum Gasteiger partial charge on any atom is 0.0142 e. The molecule has 2 aliphatic rings. The molecule has 1 saturated carbocycles. The summed E-state index contributed by atoms with van der Waals surface area (Å²) in [5.74, 6) is 2.52. The van der Waals surface area contributed by atoms with Gasteiger partial charge in [0.15, 0.2) is 0 Å². The minimum atomic E-state index is 0.812. The molecule has 0 heterocycles. The Hall–Kier alpha value is -0.0100. The summed E-state index contributed by atoms with van der Waals surface area (Å²) in [7, 11) is 0. The van der Waals surface area contributed by atoms with Crippen LogP contribution in [0, 0.1) is 17.8 Å². The van der Waals surface area contributed by atoms with Gasteiger partial charge in [0, 0.05) is 6.54 Å². The Morgan fingerprint density at radius 2 is 2.30 bits per heavy atom. The first-order valence-corrected chi connectivity index (χ1v) is 4.30. The highest BCUT2D eigenvalue weighted by Crippen LogP contribution is 2.42. The molecule has 1 fully saturated rings. The van der Waals surface area contributed by atoms with E-state index in [1.165, 1.54) is 12.8 Å². The summed E-state index contributed by atoms with van der Waals surface area (Å²) in [4.78, 5) is 2.73. The molecule has 0 aromatic heterocycles. The van der Waals surface area contributed by atoms with Gasteiger partial charge in [0.2, 0.25) is 0 Å². The van der Waals surface area contributed by atoms with Crippen molar-refractivity contribution in [2.75, 3.05) is 6.54 Å². The zero-order chi connectivity index (χ0) is 6.97. The molecule has 0 aromatic carbocycles. The predicted octanol–water partition coefficient (Wildman–Crippen LogP) is 1.94. The lowest BCUT2D eigenvalue weighted by Gasteiger charge is -2.15. The van der Waals surface area contributed by atoms with E-state index in [0.29, 0.717) is 0 Å². The highest BCUT2D eigenvalue weighted by molar-refractivity contribution is 6.13. The third kappa shape index (κ3) is 0.977. The molecule has 2 heteroatoms. The Labute approximate surface area is 66.6 Å². The van der Waals surface area contributed by atoms with Crippen molar-refractivity contribution in [3.05, 3.63) is 12.2 Å². The van der Waals surface area contributed by atoms with E-state index in [9.17, 15) is 0 Å². The zero-order valence-corrected chi connectivity index (χ0v) is 6.64. The number of rotatable bonds is 2. The van der Waals surface area contributed by atoms with E-state index < -0.39 is 0 Å². The van der Waals surface area contributed by atoms with Crippen LogP contribution in [0.2, 0.25) is 0 Å². The molecule has 0 spiro atoms. The highest BCUT2D eigenvalue weighted by atomic mass is 35.5. The van der Waals surface area contributed by atoms with E-state index >= 15 is 0 Å². The standard InChI is InChI=1S/C8H12ClN/c9-10-5-8-4-6-1-2-7(8)3-6/h1-2,6-8,10H,3-5H2. The van der Waals surface area contributed by atoms with Gasteiger partial charge in [-0.2, -0.15) is 0 Å². The molecule has 56 valence electrons. The van der Waals surface area contributed by atoms with Crippen molar-refractivity contribution in [2.45, 2.75) is 12.8 Å². The number of fused-ring (bicyclic) bond motifs is 2. The fourth-order valence-corrected chi connectivity index (χ4v) is 2.43. The van der Waals surface area contributed by atoms with Crippen LogP contribution < -0.4 is 4.84 Å². The molecule has 3 atom stereocenters. The van der Waals surface area contributed by atoms with Gasteiger partial charge in [-0.05, 0) is 42.4 Å². The van der Waals surface area contributed by atoms with Crippen LogP contribution in [0.1, 0.15) is 12.8 Å². The Morgan fingerprint density at radius 1 is 1.40 bits per heavy atom. The summed E-state index contributed by atoms with van der Waals surface area (Å²) in [6.45, 7) is 0.979. The summed E-state index contributed by atoms with van der Waals surface area (Å²) in [6.07, 6.45) is 7.44. The van der Waals surface area contributed by atoms with Crippen molar-refractivity contribution in [3.63, 3.8) is 0 Å². The molecule has 2 rings (SSSR count). The van der Waals surface area contributed by atoms with Crippen molar-refractivity contribution in [1.29, 1.82) is 0 Å². The molecule has 2 aliphatic carbocycles. The van der Waals surface area contributed by atoms with Crippen molar-refractivity contribution in [1.82, 2.24) is 4.84 Å².